The Morgan fingerprint density at radius 3 is 2.58 bits per heavy atom. The number of amides is 1. The summed E-state index contributed by atoms with van der Waals surface area (Å²) in [7, 11) is 0. The zero-order chi connectivity index (χ0) is 14.3. The molecule has 0 aliphatic rings. The van der Waals surface area contributed by atoms with Gasteiger partial charge in [-0.1, -0.05) is 12.8 Å². The van der Waals surface area contributed by atoms with Crippen LogP contribution in [0.3, 0.4) is 0 Å². The highest BCUT2D eigenvalue weighted by molar-refractivity contribution is 8.13. The summed E-state index contributed by atoms with van der Waals surface area (Å²) < 4.78 is 5.48. The number of rotatable bonds is 5. The highest BCUT2D eigenvalue weighted by Crippen LogP contribution is 2.22. The molecule has 1 amide bonds. The van der Waals surface area contributed by atoms with E-state index in [1.165, 1.54) is 0 Å². The fraction of sp³-hybridized carbons (Fsp3) is 0.400. The average molecular weight is 277 g/mol. The summed E-state index contributed by atoms with van der Waals surface area (Å²) in [6, 6.07) is 7.44. The summed E-state index contributed by atoms with van der Waals surface area (Å²) >= 11 is 1.12. The fourth-order valence-corrected chi connectivity index (χ4v) is 2.04. The third kappa shape index (κ3) is 5.71. The van der Waals surface area contributed by atoms with Gasteiger partial charge in [0.15, 0.2) is 0 Å². The first-order chi connectivity index (χ1) is 8.96. The summed E-state index contributed by atoms with van der Waals surface area (Å²) in [6.45, 7) is 6.32. The van der Waals surface area contributed by atoms with E-state index in [1.54, 1.807) is 13.8 Å². The zero-order valence-corrected chi connectivity index (χ0v) is 12.3. The molecule has 0 aromatic heterocycles. The van der Waals surface area contributed by atoms with Crippen LogP contribution >= 0.6 is 11.8 Å². The van der Waals surface area contributed by atoms with E-state index in [0.717, 1.165) is 28.8 Å². The Morgan fingerprint density at radius 1 is 1.42 bits per heavy atom. The van der Waals surface area contributed by atoms with Crippen molar-refractivity contribution in [2.75, 3.05) is 6.61 Å². The maximum atomic E-state index is 11.8. The molecule has 0 saturated heterocycles. The number of thioether (sulfide) groups is 1. The molecule has 19 heavy (non-hydrogen) atoms. The summed E-state index contributed by atoms with van der Waals surface area (Å²) in [5, 5.41) is 2.60. The Labute approximate surface area is 119 Å². The molecule has 0 aliphatic carbocycles. The zero-order valence-electron chi connectivity index (χ0n) is 11.5. The number of carbonyl (C=O) groups is 1. The van der Waals surface area contributed by atoms with Crippen molar-refractivity contribution < 1.29 is 9.53 Å². The number of nitrogens with one attached hydrogen (secondary N) is 1. The van der Waals surface area contributed by atoms with Crippen LogP contribution in [0.15, 0.2) is 29.2 Å². The molecule has 0 aliphatic heterocycles. The number of benzene rings is 1. The lowest BCUT2D eigenvalue weighted by Crippen LogP contribution is -2.39. The number of hydrogen-bond acceptors (Lipinski definition) is 3. The number of hydrogen-bond donors (Lipinski definition) is 1. The van der Waals surface area contributed by atoms with E-state index < -0.39 is 5.54 Å². The Kier molecular flexibility index (Phi) is 5.78. The van der Waals surface area contributed by atoms with E-state index >= 15 is 0 Å². The van der Waals surface area contributed by atoms with Crippen LogP contribution in [-0.2, 0) is 0 Å². The molecule has 102 valence electrons. The van der Waals surface area contributed by atoms with Crippen LogP contribution in [0.5, 0.6) is 5.75 Å². The van der Waals surface area contributed by atoms with Gasteiger partial charge >= 0.3 is 0 Å². The monoisotopic (exact) mass is 277 g/mol. The second-order valence-corrected chi connectivity index (χ2v) is 5.65. The molecule has 4 heteroatoms. The molecule has 0 atom stereocenters. The minimum atomic E-state index is -0.631. The van der Waals surface area contributed by atoms with Crippen LogP contribution in [0.2, 0.25) is 0 Å². The van der Waals surface area contributed by atoms with E-state index in [-0.39, 0.29) is 5.24 Å². The van der Waals surface area contributed by atoms with Crippen molar-refractivity contribution >= 4 is 17.0 Å². The van der Waals surface area contributed by atoms with Crippen molar-refractivity contribution in [3.63, 3.8) is 0 Å². The second kappa shape index (κ2) is 7.10. The summed E-state index contributed by atoms with van der Waals surface area (Å²) in [5.74, 6) is 3.34. The van der Waals surface area contributed by atoms with Gasteiger partial charge in [-0.3, -0.25) is 4.79 Å². The maximum absolute atomic E-state index is 11.8. The van der Waals surface area contributed by atoms with Gasteiger partial charge in [0.25, 0.3) is 5.24 Å². The minimum absolute atomic E-state index is 0.162. The van der Waals surface area contributed by atoms with Crippen molar-refractivity contribution in [1.29, 1.82) is 0 Å². The van der Waals surface area contributed by atoms with Crippen LogP contribution < -0.4 is 10.1 Å². The van der Waals surface area contributed by atoms with Crippen LogP contribution in [0, 0.1) is 12.3 Å². The first-order valence-corrected chi connectivity index (χ1v) is 6.99. The molecule has 1 aromatic carbocycles. The Morgan fingerprint density at radius 2 is 2.05 bits per heavy atom. The third-order valence-electron chi connectivity index (χ3n) is 2.28. The summed E-state index contributed by atoms with van der Waals surface area (Å²) in [5.41, 5.74) is -0.631. The Bertz CT molecular complexity index is 460. The largest absolute Gasteiger partial charge is 0.494 e. The van der Waals surface area contributed by atoms with Gasteiger partial charge in [-0.15, -0.1) is 6.42 Å². The molecule has 1 rings (SSSR count). The molecule has 3 nitrogen and oxygen atoms in total. The van der Waals surface area contributed by atoms with Gasteiger partial charge in [0.2, 0.25) is 0 Å². The standard InChI is InChI=1S/C15H19NO2S/c1-5-11-18-12-7-9-13(10-8-12)19-14(17)16-15(3,4)6-2/h2,7-10H,5,11H2,1,3-4H3,(H,16,17). The van der Waals surface area contributed by atoms with E-state index in [0.29, 0.717) is 6.61 Å². The lowest BCUT2D eigenvalue weighted by atomic mass is 10.1. The molecular weight excluding hydrogens is 258 g/mol. The molecule has 0 bridgehead atoms. The van der Waals surface area contributed by atoms with E-state index in [9.17, 15) is 4.79 Å². The van der Waals surface area contributed by atoms with Crippen LogP contribution in [-0.4, -0.2) is 17.4 Å². The molecule has 1 N–H and O–H groups in total. The van der Waals surface area contributed by atoms with Gasteiger partial charge in [-0.2, -0.15) is 0 Å². The second-order valence-electron chi connectivity index (χ2n) is 4.60. The molecule has 0 saturated carbocycles. The van der Waals surface area contributed by atoms with Gasteiger partial charge in [-0.05, 0) is 56.3 Å². The number of ether oxygens (including phenoxy) is 1. The summed E-state index contributed by atoms with van der Waals surface area (Å²) in [6.07, 6.45) is 6.30. The molecule has 1 aromatic rings. The Balaban J connectivity index is 2.54. The van der Waals surface area contributed by atoms with Gasteiger partial charge < -0.3 is 10.1 Å². The smallest absolute Gasteiger partial charge is 0.285 e. The number of carbonyl (C=O) groups excluding carboxylic acids is 1. The highest BCUT2D eigenvalue weighted by Gasteiger charge is 2.17. The first-order valence-electron chi connectivity index (χ1n) is 6.17. The topological polar surface area (TPSA) is 38.3 Å². The van der Waals surface area contributed by atoms with Gasteiger partial charge in [-0.25, -0.2) is 0 Å². The van der Waals surface area contributed by atoms with E-state index in [1.807, 2.05) is 24.3 Å². The van der Waals surface area contributed by atoms with E-state index in [2.05, 4.69) is 18.2 Å². The molecular formula is C15H19NO2S. The molecule has 0 radical (unpaired) electrons. The maximum Gasteiger partial charge on any atom is 0.285 e. The average Bonchev–Trinajstić information content (AvgIpc) is 2.37. The predicted molar refractivity (Wildman–Crippen MR) is 79.5 cm³/mol. The molecule has 0 heterocycles. The fourth-order valence-electron chi connectivity index (χ4n) is 1.25. The predicted octanol–water partition coefficient (Wildman–Crippen LogP) is 3.69. The summed E-state index contributed by atoms with van der Waals surface area (Å²) in [4.78, 5) is 12.6. The first kappa shape index (κ1) is 15.5. The van der Waals surface area contributed by atoms with Crippen molar-refractivity contribution in [3.8, 4) is 18.1 Å². The quantitative estimate of drug-likeness (QED) is 0.659. The lowest BCUT2D eigenvalue weighted by molar-refractivity contribution is 0.256. The Hall–Kier alpha value is -1.60. The van der Waals surface area contributed by atoms with Gasteiger partial charge in [0.05, 0.1) is 12.1 Å². The van der Waals surface area contributed by atoms with Crippen molar-refractivity contribution in [2.45, 2.75) is 37.6 Å². The van der Waals surface area contributed by atoms with Crippen LogP contribution in [0.1, 0.15) is 27.2 Å². The van der Waals surface area contributed by atoms with Gasteiger partial charge in [0.1, 0.15) is 5.75 Å². The van der Waals surface area contributed by atoms with Crippen LogP contribution in [0.25, 0.3) is 0 Å². The third-order valence-corrected chi connectivity index (χ3v) is 3.08. The van der Waals surface area contributed by atoms with Crippen molar-refractivity contribution in [1.82, 2.24) is 5.32 Å². The van der Waals surface area contributed by atoms with Crippen LogP contribution in [0.4, 0.5) is 4.79 Å². The SMILES string of the molecule is C#CC(C)(C)NC(=O)Sc1ccc(OCCC)cc1. The molecule has 0 fully saturated rings. The van der Waals surface area contributed by atoms with Crippen molar-refractivity contribution in [2.24, 2.45) is 0 Å². The lowest BCUT2D eigenvalue weighted by Gasteiger charge is -2.18. The van der Waals surface area contributed by atoms with E-state index in [4.69, 9.17) is 11.2 Å². The van der Waals surface area contributed by atoms with Crippen molar-refractivity contribution in [3.05, 3.63) is 24.3 Å². The minimum Gasteiger partial charge on any atom is -0.494 e. The highest BCUT2D eigenvalue weighted by atomic mass is 32.2. The molecule has 0 spiro atoms. The number of terminal acetylenes is 1. The molecule has 0 unspecified atom stereocenters. The normalized spacial score (nSPS) is 10.6. The van der Waals surface area contributed by atoms with Gasteiger partial charge in [0, 0.05) is 4.90 Å².